The summed E-state index contributed by atoms with van der Waals surface area (Å²) < 4.78 is 107. The Hall–Kier alpha value is -4.26. The third-order valence-electron chi connectivity index (χ3n) is 6.52. The summed E-state index contributed by atoms with van der Waals surface area (Å²) in [6.07, 6.45) is -7.80. The maximum atomic E-state index is 14.1. The topological polar surface area (TPSA) is 147 Å². The van der Waals surface area contributed by atoms with Crippen LogP contribution in [-0.4, -0.2) is 72.1 Å². The summed E-state index contributed by atoms with van der Waals surface area (Å²) in [5.41, 5.74) is -2.03. The summed E-state index contributed by atoms with van der Waals surface area (Å²) in [5, 5.41) is 10.1. The summed E-state index contributed by atoms with van der Waals surface area (Å²) in [6.45, 7) is -1.70. The smallest absolute Gasteiger partial charge is 0.343 e. The molecule has 1 aromatic carbocycles. The number of sulfone groups is 1. The Balaban J connectivity index is 1.48. The summed E-state index contributed by atoms with van der Waals surface area (Å²) >= 11 is 5.92. The van der Waals surface area contributed by atoms with E-state index in [0.29, 0.717) is 9.25 Å². The van der Waals surface area contributed by atoms with E-state index in [4.69, 9.17) is 11.6 Å². The predicted molar refractivity (Wildman–Crippen MR) is 140 cm³/mol. The third kappa shape index (κ3) is 6.62. The fourth-order valence-electron chi connectivity index (χ4n) is 4.35. The van der Waals surface area contributed by atoms with Gasteiger partial charge in [-0.1, -0.05) is 11.6 Å². The number of nitrogens with one attached hydrogen (secondary N) is 1. The lowest BCUT2D eigenvalue weighted by Crippen LogP contribution is -2.55. The average Bonchev–Trinajstić information content (AvgIpc) is 3.51. The maximum Gasteiger partial charge on any atom is 0.420 e. The molecule has 1 unspecified atom stereocenters. The number of amides is 1. The minimum atomic E-state index is -5.06. The zero-order valence-electron chi connectivity index (χ0n) is 21.9. The van der Waals surface area contributed by atoms with Crippen LogP contribution in [-0.2, 0) is 33.9 Å². The first-order valence-electron chi connectivity index (χ1n) is 12.5. The minimum Gasteiger partial charge on any atom is -0.343 e. The van der Waals surface area contributed by atoms with Crippen molar-refractivity contribution >= 4 is 27.3 Å². The Morgan fingerprint density at radius 2 is 1.73 bits per heavy atom. The molecule has 0 aliphatic carbocycles. The number of hydrogen-bond acceptors (Lipinski definition) is 8. The van der Waals surface area contributed by atoms with Crippen molar-refractivity contribution in [3.05, 3.63) is 75.8 Å². The SMILES string of the molecule is O=C(NC(Cn1c(-c2ccc(Cl)cc2)nn(Cc2ncn(-c3ncccc3C(F)(F)F)n2)c1=O)C(F)(F)F)C1CS(=O)(=O)C1. The molecule has 20 heteroatoms. The molecule has 1 atom stereocenters. The van der Waals surface area contributed by atoms with Gasteiger partial charge in [-0.05, 0) is 36.4 Å². The zero-order valence-corrected chi connectivity index (χ0v) is 23.5. The van der Waals surface area contributed by atoms with E-state index in [9.17, 15) is 44.3 Å². The van der Waals surface area contributed by atoms with Gasteiger partial charge in [-0.25, -0.2) is 32.5 Å². The van der Waals surface area contributed by atoms with Gasteiger partial charge in [-0.15, -0.1) is 10.2 Å². The number of pyridine rings is 1. The van der Waals surface area contributed by atoms with E-state index in [0.717, 1.165) is 29.3 Å². The highest BCUT2D eigenvalue weighted by molar-refractivity contribution is 7.92. The number of rotatable bonds is 8. The fourth-order valence-corrected chi connectivity index (χ4v) is 5.90. The molecular weight excluding hydrogens is 646 g/mol. The van der Waals surface area contributed by atoms with Crippen molar-refractivity contribution in [2.45, 2.75) is 31.5 Å². The van der Waals surface area contributed by atoms with Crippen molar-refractivity contribution < 1.29 is 39.6 Å². The molecule has 0 spiro atoms. The summed E-state index contributed by atoms with van der Waals surface area (Å²) in [5.74, 6) is -4.58. The Labute approximate surface area is 248 Å². The van der Waals surface area contributed by atoms with Crippen LogP contribution >= 0.6 is 11.6 Å². The van der Waals surface area contributed by atoms with E-state index in [1.807, 2.05) is 0 Å². The minimum absolute atomic E-state index is 0.171. The Kier molecular flexibility index (Phi) is 8.04. The fraction of sp³-hybridized carbons (Fsp3) is 0.333. The van der Waals surface area contributed by atoms with Crippen molar-refractivity contribution in [2.24, 2.45) is 5.92 Å². The van der Waals surface area contributed by atoms with Crippen LogP contribution in [0.1, 0.15) is 11.4 Å². The highest BCUT2D eigenvalue weighted by Gasteiger charge is 2.45. The van der Waals surface area contributed by atoms with Gasteiger partial charge < -0.3 is 5.32 Å². The number of benzene rings is 1. The van der Waals surface area contributed by atoms with Crippen molar-refractivity contribution in [1.29, 1.82) is 0 Å². The molecule has 1 saturated heterocycles. The zero-order chi connectivity index (χ0) is 32.0. The predicted octanol–water partition coefficient (Wildman–Crippen LogP) is 2.50. The summed E-state index contributed by atoms with van der Waals surface area (Å²) in [4.78, 5) is 33.4. The molecule has 1 amide bonds. The molecule has 1 fully saturated rings. The monoisotopic (exact) mass is 664 g/mol. The van der Waals surface area contributed by atoms with Crippen LogP contribution in [0, 0.1) is 5.92 Å². The van der Waals surface area contributed by atoms with Crippen LogP contribution in [0.4, 0.5) is 26.3 Å². The summed E-state index contributed by atoms with van der Waals surface area (Å²) in [6, 6.07) is 4.84. The molecule has 5 rings (SSSR count). The van der Waals surface area contributed by atoms with Crippen molar-refractivity contribution in [3.63, 3.8) is 0 Å². The Bertz CT molecular complexity index is 1860. The van der Waals surface area contributed by atoms with Gasteiger partial charge in [-0.3, -0.25) is 9.36 Å². The van der Waals surface area contributed by atoms with Crippen molar-refractivity contribution in [3.8, 4) is 17.2 Å². The van der Waals surface area contributed by atoms with Gasteiger partial charge in [0.1, 0.15) is 24.5 Å². The largest absolute Gasteiger partial charge is 0.420 e. The Morgan fingerprint density at radius 3 is 2.34 bits per heavy atom. The van der Waals surface area contributed by atoms with E-state index in [1.54, 1.807) is 5.32 Å². The molecule has 12 nitrogen and oxygen atoms in total. The summed E-state index contributed by atoms with van der Waals surface area (Å²) in [7, 11) is -3.51. The first-order valence-corrected chi connectivity index (χ1v) is 14.7. The normalized spacial score (nSPS) is 16.0. The molecule has 3 aromatic heterocycles. The van der Waals surface area contributed by atoms with Gasteiger partial charge in [-0.2, -0.15) is 26.3 Å². The number of aromatic nitrogens is 7. The molecule has 234 valence electrons. The highest BCUT2D eigenvalue weighted by Crippen LogP contribution is 2.32. The molecule has 1 aliphatic rings. The molecule has 4 aromatic rings. The molecule has 1 aliphatic heterocycles. The lowest BCUT2D eigenvalue weighted by atomic mass is 10.1. The highest BCUT2D eigenvalue weighted by atomic mass is 35.5. The van der Waals surface area contributed by atoms with Gasteiger partial charge in [0.15, 0.2) is 27.3 Å². The van der Waals surface area contributed by atoms with Crippen LogP contribution in [0.5, 0.6) is 0 Å². The van der Waals surface area contributed by atoms with Gasteiger partial charge in [0, 0.05) is 16.8 Å². The molecule has 0 radical (unpaired) electrons. The van der Waals surface area contributed by atoms with Gasteiger partial charge in [0.25, 0.3) is 0 Å². The molecule has 4 heterocycles. The van der Waals surface area contributed by atoms with Gasteiger partial charge in [0.2, 0.25) is 5.91 Å². The van der Waals surface area contributed by atoms with Crippen LogP contribution in [0.15, 0.2) is 53.7 Å². The van der Waals surface area contributed by atoms with Gasteiger partial charge in [0.05, 0.1) is 24.0 Å². The number of halogens is 7. The van der Waals surface area contributed by atoms with Crippen LogP contribution in [0.2, 0.25) is 5.02 Å². The molecule has 0 bridgehead atoms. The second kappa shape index (κ2) is 11.3. The number of carbonyl (C=O) groups excluding carboxylic acids is 1. The van der Waals surface area contributed by atoms with E-state index >= 15 is 0 Å². The molecule has 0 saturated carbocycles. The standard InChI is InChI=1S/C24H19ClF6N8O4S/c25-15-5-3-13(4-6-15)19-36-38(9-18-33-12-39(35-18)20-16(23(26,27)28)2-1-7-32-20)22(41)37(19)8-17(24(29,30)31)34-21(40)14-10-44(42,43)11-14/h1-7,12,14,17H,8-11H2,(H,34,40). The van der Waals surface area contributed by atoms with E-state index < -0.39 is 81.7 Å². The quantitative estimate of drug-likeness (QED) is 0.283. The second-order valence-electron chi connectivity index (χ2n) is 9.74. The first-order chi connectivity index (χ1) is 20.5. The molecule has 1 N–H and O–H groups in total. The lowest BCUT2D eigenvalue weighted by Gasteiger charge is -2.28. The number of carbonyl (C=O) groups is 1. The van der Waals surface area contributed by atoms with Crippen LogP contribution in [0.25, 0.3) is 17.2 Å². The lowest BCUT2D eigenvalue weighted by molar-refractivity contribution is -0.165. The van der Waals surface area contributed by atoms with E-state index in [-0.39, 0.29) is 22.2 Å². The van der Waals surface area contributed by atoms with Crippen molar-refractivity contribution in [2.75, 3.05) is 11.5 Å². The third-order valence-corrected chi connectivity index (χ3v) is 8.60. The first kappa shape index (κ1) is 31.2. The van der Waals surface area contributed by atoms with E-state index in [1.165, 1.54) is 24.3 Å². The van der Waals surface area contributed by atoms with Crippen LogP contribution in [0.3, 0.4) is 0 Å². The number of alkyl halides is 6. The number of nitrogens with zero attached hydrogens (tertiary/aromatic N) is 7. The maximum absolute atomic E-state index is 14.1. The second-order valence-corrected chi connectivity index (χ2v) is 12.3. The molecule has 44 heavy (non-hydrogen) atoms. The average molecular weight is 665 g/mol. The van der Waals surface area contributed by atoms with Crippen LogP contribution < -0.4 is 11.0 Å². The molecular formula is C24H19ClF6N8O4S. The van der Waals surface area contributed by atoms with Crippen molar-refractivity contribution in [1.82, 2.24) is 39.4 Å². The van der Waals surface area contributed by atoms with E-state index in [2.05, 4.69) is 20.2 Å². The van der Waals surface area contributed by atoms with Gasteiger partial charge >= 0.3 is 18.0 Å². The Morgan fingerprint density at radius 1 is 1.05 bits per heavy atom. The number of hydrogen-bond donors (Lipinski definition) is 1.